The van der Waals surface area contributed by atoms with Crippen molar-refractivity contribution in [3.05, 3.63) is 41.2 Å². The lowest BCUT2D eigenvalue weighted by Crippen LogP contribution is -2.40. The van der Waals surface area contributed by atoms with E-state index in [0.29, 0.717) is 6.54 Å². The SMILES string of the molecule is CN=C(NCCn1cc(C)cn1)N(C)Cc1cc(OC)c(OC)cc1C.I. The maximum absolute atomic E-state index is 5.42. The zero-order chi connectivity index (χ0) is 19.1. The number of benzene rings is 1. The van der Waals surface area contributed by atoms with Crippen LogP contribution in [0.3, 0.4) is 0 Å². The summed E-state index contributed by atoms with van der Waals surface area (Å²) < 4.78 is 12.7. The lowest BCUT2D eigenvalue weighted by molar-refractivity contribution is 0.353. The number of nitrogens with zero attached hydrogens (tertiary/aromatic N) is 4. The summed E-state index contributed by atoms with van der Waals surface area (Å²) in [5, 5.41) is 7.67. The number of hydrogen-bond donors (Lipinski definition) is 1. The van der Waals surface area contributed by atoms with E-state index in [4.69, 9.17) is 9.47 Å². The molecule has 27 heavy (non-hydrogen) atoms. The van der Waals surface area contributed by atoms with Gasteiger partial charge in [0, 0.05) is 33.4 Å². The Bertz CT molecular complexity index is 761. The summed E-state index contributed by atoms with van der Waals surface area (Å²) in [6.45, 7) is 6.36. The number of methoxy groups -OCH3 is 2. The number of aromatic nitrogens is 2. The van der Waals surface area contributed by atoms with E-state index in [1.807, 2.05) is 43.2 Å². The van der Waals surface area contributed by atoms with Crippen LogP contribution in [0.15, 0.2) is 29.5 Å². The molecule has 2 aromatic rings. The molecule has 1 N–H and O–H groups in total. The number of halogens is 1. The van der Waals surface area contributed by atoms with Gasteiger partial charge in [-0.05, 0) is 42.7 Å². The molecule has 1 aromatic heterocycles. The van der Waals surface area contributed by atoms with Crippen LogP contribution < -0.4 is 14.8 Å². The van der Waals surface area contributed by atoms with Gasteiger partial charge in [-0.25, -0.2) is 0 Å². The number of aryl methyl sites for hydroxylation is 2. The summed E-state index contributed by atoms with van der Waals surface area (Å²) >= 11 is 0. The largest absolute Gasteiger partial charge is 0.493 e. The summed E-state index contributed by atoms with van der Waals surface area (Å²) in [5.74, 6) is 2.31. The van der Waals surface area contributed by atoms with Gasteiger partial charge in [-0.15, -0.1) is 24.0 Å². The van der Waals surface area contributed by atoms with E-state index in [0.717, 1.165) is 47.2 Å². The molecule has 0 aliphatic rings. The van der Waals surface area contributed by atoms with E-state index in [1.54, 1.807) is 21.3 Å². The molecular weight excluding hydrogens is 457 g/mol. The molecule has 0 saturated carbocycles. The third-order valence-electron chi connectivity index (χ3n) is 4.21. The molecule has 2 rings (SSSR count). The van der Waals surface area contributed by atoms with Crippen molar-refractivity contribution in [2.75, 3.05) is 34.9 Å². The Morgan fingerprint density at radius 3 is 2.44 bits per heavy atom. The predicted molar refractivity (Wildman–Crippen MR) is 119 cm³/mol. The van der Waals surface area contributed by atoms with E-state index < -0.39 is 0 Å². The lowest BCUT2D eigenvalue weighted by Gasteiger charge is -2.23. The Morgan fingerprint density at radius 2 is 1.89 bits per heavy atom. The Balaban J connectivity index is 0.00000364. The van der Waals surface area contributed by atoms with Crippen molar-refractivity contribution in [1.82, 2.24) is 20.0 Å². The van der Waals surface area contributed by atoms with Crippen LogP contribution >= 0.6 is 24.0 Å². The second-order valence-electron chi connectivity index (χ2n) is 6.24. The van der Waals surface area contributed by atoms with Gasteiger partial charge in [0.05, 0.1) is 27.0 Å². The molecule has 0 spiro atoms. The maximum atomic E-state index is 5.42. The minimum atomic E-state index is 0. The third kappa shape index (κ3) is 6.30. The van der Waals surface area contributed by atoms with Gasteiger partial charge in [0.1, 0.15) is 0 Å². The van der Waals surface area contributed by atoms with Gasteiger partial charge in [0.15, 0.2) is 17.5 Å². The number of rotatable bonds is 7. The molecular formula is C19H30IN5O2. The fraction of sp³-hybridized carbons (Fsp3) is 0.474. The second-order valence-corrected chi connectivity index (χ2v) is 6.24. The van der Waals surface area contributed by atoms with Crippen LogP contribution in [0.25, 0.3) is 0 Å². The van der Waals surface area contributed by atoms with Crippen LogP contribution in [0, 0.1) is 13.8 Å². The molecule has 0 atom stereocenters. The first kappa shape index (κ1) is 23.1. The molecule has 0 radical (unpaired) electrons. The molecule has 1 aromatic carbocycles. The number of hydrogen-bond acceptors (Lipinski definition) is 4. The molecule has 8 heteroatoms. The number of nitrogens with one attached hydrogen (secondary N) is 1. The Hall–Kier alpha value is -1.97. The highest BCUT2D eigenvalue weighted by molar-refractivity contribution is 14.0. The zero-order valence-corrected chi connectivity index (χ0v) is 19.3. The smallest absolute Gasteiger partial charge is 0.193 e. The summed E-state index contributed by atoms with van der Waals surface area (Å²) in [4.78, 5) is 6.46. The van der Waals surface area contributed by atoms with E-state index in [9.17, 15) is 0 Å². The predicted octanol–water partition coefficient (Wildman–Crippen LogP) is 2.84. The average molecular weight is 487 g/mol. The van der Waals surface area contributed by atoms with Crippen molar-refractivity contribution < 1.29 is 9.47 Å². The lowest BCUT2D eigenvalue weighted by atomic mass is 10.1. The van der Waals surface area contributed by atoms with Crippen LogP contribution in [0.5, 0.6) is 11.5 Å². The van der Waals surface area contributed by atoms with E-state index >= 15 is 0 Å². The van der Waals surface area contributed by atoms with Gasteiger partial charge < -0.3 is 19.7 Å². The normalized spacial score (nSPS) is 11.0. The molecule has 0 aliphatic heterocycles. The monoisotopic (exact) mass is 487 g/mol. The van der Waals surface area contributed by atoms with Crippen molar-refractivity contribution in [3.8, 4) is 11.5 Å². The standard InChI is InChI=1S/C19H29N5O2.HI/c1-14-11-22-24(12-14)8-7-21-19(20-3)23(4)13-16-10-18(26-6)17(25-5)9-15(16)2;/h9-12H,7-8,13H2,1-6H3,(H,20,21);1H. The Morgan fingerprint density at radius 1 is 1.22 bits per heavy atom. The third-order valence-corrected chi connectivity index (χ3v) is 4.21. The quantitative estimate of drug-likeness (QED) is 0.370. The van der Waals surface area contributed by atoms with E-state index in [2.05, 4.69) is 27.2 Å². The summed E-state index contributed by atoms with van der Waals surface area (Å²) in [7, 11) is 7.11. The summed E-state index contributed by atoms with van der Waals surface area (Å²) in [6, 6.07) is 4.02. The topological polar surface area (TPSA) is 63.9 Å². The molecule has 150 valence electrons. The minimum absolute atomic E-state index is 0. The van der Waals surface area contributed by atoms with Crippen LogP contribution in [0.2, 0.25) is 0 Å². The van der Waals surface area contributed by atoms with Crippen LogP contribution in [0.1, 0.15) is 16.7 Å². The first-order valence-electron chi connectivity index (χ1n) is 8.60. The van der Waals surface area contributed by atoms with Gasteiger partial charge in [0.25, 0.3) is 0 Å². The fourth-order valence-corrected chi connectivity index (χ4v) is 2.78. The minimum Gasteiger partial charge on any atom is -0.493 e. The van der Waals surface area contributed by atoms with Crippen LogP contribution in [-0.2, 0) is 13.1 Å². The van der Waals surface area contributed by atoms with Gasteiger partial charge in [-0.2, -0.15) is 5.10 Å². The summed E-state index contributed by atoms with van der Waals surface area (Å²) in [6.07, 6.45) is 3.89. The number of guanidine groups is 1. The molecule has 0 saturated heterocycles. The molecule has 7 nitrogen and oxygen atoms in total. The first-order chi connectivity index (χ1) is 12.5. The molecule has 0 fully saturated rings. The van der Waals surface area contributed by atoms with Gasteiger partial charge >= 0.3 is 0 Å². The van der Waals surface area contributed by atoms with Crippen molar-refractivity contribution in [1.29, 1.82) is 0 Å². The average Bonchev–Trinajstić information content (AvgIpc) is 3.05. The molecule has 1 heterocycles. The maximum Gasteiger partial charge on any atom is 0.193 e. The number of ether oxygens (including phenoxy) is 2. The second kappa shape index (κ2) is 11.0. The van der Waals surface area contributed by atoms with Crippen LogP contribution in [0.4, 0.5) is 0 Å². The van der Waals surface area contributed by atoms with Crippen molar-refractivity contribution >= 4 is 29.9 Å². The Labute approximate surface area is 178 Å². The highest BCUT2D eigenvalue weighted by atomic mass is 127. The Kier molecular flexibility index (Phi) is 9.40. The zero-order valence-electron chi connectivity index (χ0n) is 16.9. The summed E-state index contributed by atoms with van der Waals surface area (Å²) in [5.41, 5.74) is 3.48. The van der Waals surface area contributed by atoms with Crippen molar-refractivity contribution in [3.63, 3.8) is 0 Å². The van der Waals surface area contributed by atoms with Gasteiger partial charge in [0.2, 0.25) is 0 Å². The molecule has 0 amide bonds. The highest BCUT2D eigenvalue weighted by Gasteiger charge is 2.12. The van der Waals surface area contributed by atoms with Crippen molar-refractivity contribution in [2.45, 2.75) is 26.9 Å². The molecule has 0 unspecified atom stereocenters. The van der Waals surface area contributed by atoms with Gasteiger partial charge in [-0.3, -0.25) is 9.67 Å². The van der Waals surface area contributed by atoms with Crippen molar-refractivity contribution in [2.24, 2.45) is 4.99 Å². The van der Waals surface area contributed by atoms with Gasteiger partial charge in [-0.1, -0.05) is 0 Å². The van der Waals surface area contributed by atoms with E-state index in [1.165, 1.54) is 0 Å². The van der Waals surface area contributed by atoms with Crippen LogP contribution in [-0.4, -0.2) is 55.5 Å². The van der Waals surface area contributed by atoms with E-state index in [-0.39, 0.29) is 24.0 Å². The number of aliphatic imine (C=N–C) groups is 1. The highest BCUT2D eigenvalue weighted by Crippen LogP contribution is 2.30. The molecule has 0 aliphatic carbocycles. The first-order valence-corrected chi connectivity index (χ1v) is 8.60. The fourth-order valence-electron chi connectivity index (χ4n) is 2.78. The molecule has 0 bridgehead atoms.